The summed E-state index contributed by atoms with van der Waals surface area (Å²) >= 11 is 5.18. The predicted octanol–water partition coefficient (Wildman–Crippen LogP) is 4.72. The van der Waals surface area contributed by atoms with Gasteiger partial charge < -0.3 is 10.1 Å². The van der Waals surface area contributed by atoms with Gasteiger partial charge in [0.2, 0.25) is 0 Å². The standard InChI is InChI=1S/C17H18BrNO2S/c1-21-12-6-7-14(18)13(11-12)16(20)19-17(8-2-3-9-17)15-5-4-10-22-15/h4-7,10-11H,2-3,8-9H2,1H3,(H,19,20). The normalized spacial score (nSPS) is 16.5. The summed E-state index contributed by atoms with van der Waals surface area (Å²) in [6, 6.07) is 9.63. The van der Waals surface area contributed by atoms with Crippen molar-refractivity contribution in [1.29, 1.82) is 0 Å². The fourth-order valence-corrected chi connectivity index (χ4v) is 4.42. The molecular weight excluding hydrogens is 362 g/mol. The molecule has 3 rings (SSSR count). The molecule has 0 bridgehead atoms. The highest BCUT2D eigenvalue weighted by atomic mass is 79.9. The Kier molecular flexibility index (Phi) is 4.54. The summed E-state index contributed by atoms with van der Waals surface area (Å²) in [7, 11) is 1.61. The number of carbonyl (C=O) groups is 1. The van der Waals surface area contributed by atoms with Crippen LogP contribution < -0.4 is 10.1 Å². The zero-order valence-electron chi connectivity index (χ0n) is 12.4. The van der Waals surface area contributed by atoms with Crippen molar-refractivity contribution in [3.63, 3.8) is 0 Å². The minimum absolute atomic E-state index is 0.0546. The van der Waals surface area contributed by atoms with E-state index in [1.165, 1.54) is 4.88 Å². The van der Waals surface area contributed by atoms with Crippen molar-refractivity contribution >= 4 is 33.2 Å². The summed E-state index contributed by atoms with van der Waals surface area (Å²) in [6.07, 6.45) is 4.30. The molecule has 1 aromatic heterocycles. The van der Waals surface area contributed by atoms with Crippen LogP contribution in [0.3, 0.4) is 0 Å². The first-order valence-corrected chi connectivity index (χ1v) is 9.02. The quantitative estimate of drug-likeness (QED) is 0.834. The molecule has 1 N–H and O–H groups in total. The number of amides is 1. The summed E-state index contributed by atoms with van der Waals surface area (Å²) in [5.41, 5.74) is 0.399. The summed E-state index contributed by atoms with van der Waals surface area (Å²) < 4.78 is 6.01. The number of methoxy groups -OCH3 is 1. The van der Waals surface area contributed by atoms with Crippen LogP contribution in [0.4, 0.5) is 0 Å². The largest absolute Gasteiger partial charge is 0.497 e. The van der Waals surface area contributed by atoms with Crippen LogP contribution in [-0.2, 0) is 5.54 Å². The third-order valence-electron chi connectivity index (χ3n) is 4.22. The number of benzene rings is 1. The maximum absolute atomic E-state index is 12.8. The lowest BCUT2D eigenvalue weighted by Crippen LogP contribution is -2.43. The van der Waals surface area contributed by atoms with E-state index in [-0.39, 0.29) is 11.4 Å². The minimum Gasteiger partial charge on any atom is -0.497 e. The van der Waals surface area contributed by atoms with Gasteiger partial charge in [-0.3, -0.25) is 4.79 Å². The topological polar surface area (TPSA) is 38.3 Å². The fraction of sp³-hybridized carbons (Fsp3) is 0.353. The van der Waals surface area contributed by atoms with Crippen LogP contribution in [0.2, 0.25) is 0 Å². The van der Waals surface area contributed by atoms with Crippen molar-refractivity contribution in [2.45, 2.75) is 31.2 Å². The molecule has 1 aliphatic carbocycles. The number of hydrogen-bond donors (Lipinski definition) is 1. The van der Waals surface area contributed by atoms with Gasteiger partial charge in [0.25, 0.3) is 5.91 Å². The molecule has 22 heavy (non-hydrogen) atoms. The van der Waals surface area contributed by atoms with Crippen molar-refractivity contribution in [3.8, 4) is 5.75 Å². The first-order chi connectivity index (χ1) is 10.6. The minimum atomic E-state index is -0.215. The van der Waals surface area contributed by atoms with Gasteiger partial charge in [0.15, 0.2) is 0 Å². The van der Waals surface area contributed by atoms with Crippen LogP contribution in [-0.4, -0.2) is 13.0 Å². The molecule has 1 aromatic carbocycles. The van der Waals surface area contributed by atoms with Gasteiger partial charge >= 0.3 is 0 Å². The number of rotatable bonds is 4. The summed E-state index contributed by atoms with van der Waals surface area (Å²) in [5.74, 6) is 0.631. The molecule has 1 heterocycles. The van der Waals surface area contributed by atoms with Gasteiger partial charge in [0, 0.05) is 9.35 Å². The highest BCUT2D eigenvalue weighted by molar-refractivity contribution is 9.10. The van der Waals surface area contributed by atoms with Crippen molar-refractivity contribution in [2.75, 3.05) is 7.11 Å². The Morgan fingerprint density at radius 3 is 2.73 bits per heavy atom. The number of halogens is 1. The summed E-state index contributed by atoms with van der Waals surface area (Å²) in [4.78, 5) is 14.0. The average Bonchev–Trinajstić information content (AvgIpc) is 3.19. The summed E-state index contributed by atoms with van der Waals surface area (Å²) in [5, 5.41) is 5.36. The van der Waals surface area contributed by atoms with E-state index in [0.717, 1.165) is 30.2 Å². The van der Waals surface area contributed by atoms with E-state index in [1.807, 2.05) is 18.2 Å². The Morgan fingerprint density at radius 2 is 2.09 bits per heavy atom. The number of thiophene rings is 1. The SMILES string of the molecule is COc1ccc(Br)c(C(=O)NC2(c3cccs3)CCCC2)c1. The second kappa shape index (κ2) is 6.42. The van der Waals surface area contributed by atoms with Gasteiger partial charge in [0.05, 0.1) is 18.2 Å². The van der Waals surface area contributed by atoms with Crippen LogP contribution in [0, 0.1) is 0 Å². The Bertz CT molecular complexity index is 663. The average molecular weight is 380 g/mol. The molecule has 0 unspecified atom stereocenters. The molecule has 0 atom stereocenters. The number of hydrogen-bond acceptors (Lipinski definition) is 3. The van der Waals surface area contributed by atoms with E-state index in [9.17, 15) is 4.79 Å². The highest BCUT2D eigenvalue weighted by Gasteiger charge is 2.38. The molecule has 1 fully saturated rings. The molecule has 1 aliphatic rings. The van der Waals surface area contributed by atoms with Crippen molar-refractivity contribution in [2.24, 2.45) is 0 Å². The third kappa shape index (κ3) is 2.92. The lowest BCUT2D eigenvalue weighted by atomic mass is 9.94. The summed E-state index contributed by atoms with van der Waals surface area (Å²) in [6.45, 7) is 0. The van der Waals surface area contributed by atoms with Gasteiger partial charge in [-0.2, -0.15) is 0 Å². The molecule has 0 aliphatic heterocycles. The monoisotopic (exact) mass is 379 g/mol. The van der Waals surface area contributed by atoms with Crippen LogP contribution >= 0.6 is 27.3 Å². The molecule has 1 saturated carbocycles. The van der Waals surface area contributed by atoms with E-state index in [4.69, 9.17) is 4.74 Å². The van der Waals surface area contributed by atoms with Gasteiger partial charge in [0.1, 0.15) is 5.75 Å². The Balaban J connectivity index is 1.89. The molecule has 0 spiro atoms. The van der Waals surface area contributed by atoms with Crippen molar-refractivity contribution in [3.05, 3.63) is 50.6 Å². The zero-order chi connectivity index (χ0) is 15.6. The zero-order valence-corrected chi connectivity index (χ0v) is 14.8. The molecule has 2 aromatic rings. The smallest absolute Gasteiger partial charge is 0.253 e. The number of nitrogens with one attached hydrogen (secondary N) is 1. The van der Waals surface area contributed by atoms with Crippen LogP contribution in [0.15, 0.2) is 40.2 Å². The molecule has 3 nitrogen and oxygen atoms in total. The molecule has 0 saturated heterocycles. The maximum atomic E-state index is 12.8. The van der Waals surface area contributed by atoms with E-state index < -0.39 is 0 Å². The molecule has 1 amide bonds. The molecule has 0 radical (unpaired) electrons. The Labute approximate surface area is 142 Å². The van der Waals surface area contributed by atoms with E-state index in [2.05, 4.69) is 32.7 Å². The van der Waals surface area contributed by atoms with E-state index >= 15 is 0 Å². The van der Waals surface area contributed by atoms with Gasteiger partial charge in [-0.15, -0.1) is 11.3 Å². The number of carbonyl (C=O) groups excluding carboxylic acids is 1. The van der Waals surface area contributed by atoms with Gasteiger partial charge in [-0.25, -0.2) is 0 Å². The molecule has 5 heteroatoms. The van der Waals surface area contributed by atoms with Gasteiger partial charge in [-0.05, 0) is 58.4 Å². The van der Waals surface area contributed by atoms with Crippen molar-refractivity contribution < 1.29 is 9.53 Å². The predicted molar refractivity (Wildman–Crippen MR) is 92.6 cm³/mol. The van der Waals surface area contributed by atoms with E-state index in [0.29, 0.717) is 11.3 Å². The lowest BCUT2D eigenvalue weighted by Gasteiger charge is -2.29. The third-order valence-corrected chi connectivity index (χ3v) is 5.99. The molecule has 116 valence electrons. The van der Waals surface area contributed by atoms with Crippen LogP contribution in [0.5, 0.6) is 5.75 Å². The van der Waals surface area contributed by atoms with Crippen LogP contribution in [0.25, 0.3) is 0 Å². The second-order valence-electron chi connectivity index (χ2n) is 5.57. The van der Waals surface area contributed by atoms with E-state index in [1.54, 1.807) is 24.5 Å². The first-order valence-electron chi connectivity index (χ1n) is 7.35. The maximum Gasteiger partial charge on any atom is 0.253 e. The van der Waals surface area contributed by atoms with Crippen molar-refractivity contribution in [1.82, 2.24) is 5.32 Å². The lowest BCUT2D eigenvalue weighted by molar-refractivity contribution is 0.0899. The molecular formula is C17H18BrNO2S. The second-order valence-corrected chi connectivity index (χ2v) is 7.37. The number of ether oxygens (including phenoxy) is 1. The van der Waals surface area contributed by atoms with Crippen LogP contribution in [0.1, 0.15) is 40.9 Å². The highest BCUT2D eigenvalue weighted by Crippen LogP contribution is 2.41. The van der Waals surface area contributed by atoms with Gasteiger partial charge in [-0.1, -0.05) is 18.9 Å². The Hall–Kier alpha value is -1.33. The Morgan fingerprint density at radius 1 is 1.32 bits per heavy atom. The first kappa shape index (κ1) is 15.6. The fourth-order valence-electron chi connectivity index (χ4n) is 3.05.